The van der Waals surface area contributed by atoms with Crippen molar-refractivity contribution in [1.29, 1.82) is 0 Å². The van der Waals surface area contributed by atoms with E-state index in [9.17, 15) is 0 Å². The van der Waals surface area contributed by atoms with Gasteiger partial charge in [-0.25, -0.2) is 0 Å². The lowest BCUT2D eigenvalue weighted by molar-refractivity contribution is -0.123. The fourth-order valence-electron chi connectivity index (χ4n) is 3.14. The monoisotopic (exact) mass is 285 g/mol. The van der Waals surface area contributed by atoms with E-state index in [4.69, 9.17) is 4.74 Å². The van der Waals surface area contributed by atoms with E-state index < -0.39 is 0 Å². The minimum atomic E-state index is 0.286. The van der Waals surface area contributed by atoms with Gasteiger partial charge >= 0.3 is 0 Å². The molecule has 2 nitrogen and oxygen atoms in total. The lowest BCUT2D eigenvalue weighted by atomic mass is 9.64. The van der Waals surface area contributed by atoms with E-state index in [0.717, 1.165) is 13.2 Å². The number of hydrogen-bond donors (Lipinski definition) is 1. The number of rotatable bonds is 6. The lowest BCUT2D eigenvalue weighted by Crippen LogP contribution is -2.62. The smallest absolute Gasteiger partial charge is 0.0656 e. The summed E-state index contributed by atoms with van der Waals surface area (Å²) in [6.45, 7) is 13.6. The second-order valence-electron chi connectivity index (χ2n) is 7.61. The van der Waals surface area contributed by atoms with E-state index in [-0.39, 0.29) is 5.41 Å². The Kier molecular flexibility index (Phi) is 4.90. The molecule has 0 amide bonds. The third-order valence-electron chi connectivity index (χ3n) is 4.83. The van der Waals surface area contributed by atoms with E-state index in [1.807, 2.05) is 0 Å². The van der Waals surface area contributed by atoms with Crippen LogP contribution in [-0.4, -0.2) is 35.8 Å². The summed E-state index contributed by atoms with van der Waals surface area (Å²) in [6, 6.07) is 0.627. The number of nitrogens with one attached hydrogen (secondary N) is 1. The van der Waals surface area contributed by atoms with Crippen LogP contribution in [0.5, 0.6) is 0 Å². The standard InChI is InChI=1S/C16H31NOS/c1-12(2)10-18-14-9-13(15(14,3)4)17-11-16(5)7-6-8-19-16/h12-14,17H,6-11H2,1-5H3. The molecule has 19 heavy (non-hydrogen) atoms. The maximum atomic E-state index is 6.04. The second kappa shape index (κ2) is 5.95. The van der Waals surface area contributed by atoms with Crippen molar-refractivity contribution < 1.29 is 4.74 Å². The average Bonchev–Trinajstić information content (AvgIpc) is 2.74. The fourth-order valence-corrected chi connectivity index (χ4v) is 4.39. The van der Waals surface area contributed by atoms with Gasteiger partial charge in [0.15, 0.2) is 0 Å². The van der Waals surface area contributed by atoms with E-state index >= 15 is 0 Å². The summed E-state index contributed by atoms with van der Waals surface area (Å²) in [5, 5.41) is 3.81. The maximum absolute atomic E-state index is 6.04. The van der Waals surface area contributed by atoms with Gasteiger partial charge in [0.25, 0.3) is 0 Å². The van der Waals surface area contributed by atoms with Crippen molar-refractivity contribution in [2.24, 2.45) is 11.3 Å². The van der Waals surface area contributed by atoms with Crippen molar-refractivity contribution in [2.75, 3.05) is 18.9 Å². The van der Waals surface area contributed by atoms with Crippen LogP contribution in [0.15, 0.2) is 0 Å². The van der Waals surface area contributed by atoms with E-state index in [0.29, 0.717) is 22.8 Å². The van der Waals surface area contributed by atoms with Crippen LogP contribution in [0.4, 0.5) is 0 Å². The summed E-state index contributed by atoms with van der Waals surface area (Å²) < 4.78 is 6.51. The molecule has 3 atom stereocenters. The van der Waals surface area contributed by atoms with Crippen molar-refractivity contribution in [3.63, 3.8) is 0 Å². The molecule has 0 aromatic rings. The average molecular weight is 285 g/mol. The third kappa shape index (κ3) is 3.68. The summed E-state index contributed by atoms with van der Waals surface area (Å²) in [5.41, 5.74) is 0.286. The summed E-state index contributed by atoms with van der Waals surface area (Å²) in [6.07, 6.45) is 4.37. The number of hydrogen-bond acceptors (Lipinski definition) is 3. The Balaban J connectivity index is 1.74. The number of thioether (sulfide) groups is 1. The van der Waals surface area contributed by atoms with Crippen molar-refractivity contribution in [1.82, 2.24) is 5.32 Å². The number of ether oxygens (including phenoxy) is 1. The predicted molar refractivity (Wildman–Crippen MR) is 84.9 cm³/mol. The van der Waals surface area contributed by atoms with Crippen LogP contribution in [0.2, 0.25) is 0 Å². The molecule has 3 heteroatoms. The van der Waals surface area contributed by atoms with Gasteiger partial charge in [0.1, 0.15) is 0 Å². The summed E-state index contributed by atoms with van der Waals surface area (Å²) in [5.74, 6) is 1.98. The molecule has 1 N–H and O–H groups in total. The highest BCUT2D eigenvalue weighted by Crippen LogP contribution is 2.44. The highest BCUT2D eigenvalue weighted by Gasteiger charge is 2.49. The molecule has 0 aromatic heterocycles. The molecule has 1 heterocycles. The molecule has 0 aromatic carbocycles. The topological polar surface area (TPSA) is 21.3 Å². The van der Waals surface area contributed by atoms with Crippen LogP contribution in [0.3, 0.4) is 0 Å². The normalized spacial score (nSPS) is 37.6. The van der Waals surface area contributed by atoms with Gasteiger partial charge in [-0.05, 0) is 37.9 Å². The highest BCUT2D eigenvalue weighted by molar-refractivity contribution is 8.00. The minimum absolute atomic E-state index is 0.286. The molecule has 112 valence electrons. The molecule has 1 aliphatic heterocycles. The van der Waals surface area contributed by atoms with Gasteiger partial charge in [0.2, 0.25) is 0 Å². The lowest BCUT2D eigenvalue weighted by Gasteiger charge is -2.52. The van der Waals surface area contributed by atoms with Gasteiger partial charge in [-0.1, -0.05) is 27.7 Å². The van der Waals surface area contributed by atoms with Crippen molar-refractivity contribution in [2.45, 2.75) is 70.8 Å². The first-order chi connectivity index (χ1) is 8.83. The zero-order chi connectivity index (χ0) is 14.1. The summed E-state index contributed by atoms with van der Waals surface area (Å²) in [7, 11) is 0. The summed E-state index contributed by atoms with van der Waals surface area (Å²) >= 11 is 2.14. The largest absolute Gasteiger partial charge is 0.377 e. The molecule has 2 rings (SSSR count). The molecular formula is C16H31NOS. The molecular weight excluding hydrogens is 254 g/mol. The maximum Gasteiger partial charge on any atom is 0.0656 e. The zero-order valence-electron chi connectivity index (χ0n) is 13.3. The van der Waals surface area contributed by atoms with Crippen molar-refractivity contribution >= 4 is 11.8 Å². The van der Waals surface area contributed by atoms with Crippen LogP contribution < -0.4 is 5.32 Å². The van der Waals surface area contributed by atoms with E-state index in [1.54, 1.807) is 0 Å². The Morgan fingerprint density at radius 1 is 1.32 bits per heavy atom. The first-order valence-corrected chi connectivity index (χ1v) is 8.81. The molecule has 0 radical (unpaired) electrons. The Labute approximate surface area is 123 Å². The third-order valence-corrected chi connectivity index (χ3v) is 6.37. The van der Waals surface area contributed by atoms with E-state index in [1.165, 1.54) is 25.0 Å². The molecule has 2 fully saturated rings. The highest BCUT2D eigenvalue weighted by atomic mass is 32.2. The predicted octanol–water partition coefficient (Wildman–Crippen LogP) is 3.70. The van der Waals surface area contributed by atoms with Gasteiger partial charge in [0, 0.05) is 29.4 Å². The van der Waals surface area contributed by atoms with Gasteiger partial charge in [0.05, 0.1) is 6.10 Å². The molecule has 0 spiro atoms. The Morgan fingerprint density at radius 2 is 2.05 bits per heavy atom. The van der Waals surface area contributed by atoms with Gasteiger partial charge in [-0.15, -0.1) is 0 Å². The first kappa shape index (κ1) is 15.7. The molecule has 1 saturated heterocycles. The molecule has 0 bridgehead atoms. The zero-order valence-corrected chi connectivity index (χ0v) is 14.1. The molecule has 1 aliphatic carbocycles. The van der Waals surface area contributed by atoms with Crippen LogP contribution >= 0.6 is 11.8 Å². The van der Waals surface area contributed by atoms with Crippen molar-refractivity contribution in [3.8, 4) is 0 Å². The van der Waals surface area contributed by atoms with Crippen LogP contribution in [0.1, 0.15) is 53.9 Å². The molecule has 2 aliphatic rings. The van der Waals surface area contributed by atoms with Gasteiger partial charge in [-0.3, -0.25) is 0 Å². The van der Waals surface area contributed by atoms with Crippen molar-refractivity contribution in [3.05, 3.63) is 0 Å². The van der Waals surface area contributed by atoms with Crippen LogP contribution in [-0.2, 0) is 4.74 Å². The molecule has 3 unspecified atom stereocenters. The van der Waals surface area contributed by atoms with Gasteiger partial charge in [-0.2, -0.15) is 11.8 Å². The first-order valence-electron chi connectivity index (χ1n) is 7.82. The minimum Gasteiger partial charge on any atom is -0.377 e. The SMILES string of the molecule is CC(C)COC1CC(NCC2(C)CCCS2)C1(C)C. The second-order valence-corrected chi connectivity index (χ2v) is 9.29. The quantitative estimate of drug-likeness (QED) is 0.804. The Morgan fingerprint density at radius 3 is 2.58 bits per heavy atom. The van der Waals surface area contributed by atoms with Gasteiger partial charge < -0.3 is 10.1 Å². The Hall–Kier alpha value is 0.270. The Bertz CT molecular complexity index is 297. The summed E-state index contributed by atoms with van der Waals surface area (Å²) in [4.78, 5) is 0. The molecule has 1 saturated carbocycles. The van der Waals surface area contributed by atoms with Crippen LogP contribution in [0, 0.1) is 11.3 Å². The van der Waals surface area contributed by atoms with E-state index in [2.05, 4.69) is 51.7 Å². The fraction of sp³-hybridized carbons (Fsp3) is 1.00. The van der Waals surface area contributed by atoms with Crippen LogP contribution in [0.25, 0.3) is 0 Å².